The molecule has 0 bridgehead atoms. The van der Waals surface area contributed by atoms with Crippen LogP contribution >= 0.6 is 28.3 Å². The number of nitrogens with two attached hydrogens (primary N) is 1. The van der Waals surface area contributed by atoms with E-state index >= 15 is 0 Å². The van der Waals surface area contributed by atoms with E-state index < -0.39 is 5.97 Å². The number of anilines is 1. The van der Waals surface area contributed by atoms with Crippen molar-refractivity contribution in [2.24, 2.45) is 5.16 Å². The van der Waals surface area contributed by atoms with Crippen LogP contribution in [-0.2, 0) is 14.4 Å². The van der Waals surface area contributed by atoms with E-state index in [1.807, 2.05) is 0 Å². The number of aromatic nitrogens is 1. The molecule has 6 nitrogen and oxygen atoms in total. The number of esters is 1. The van der Waals surface area contributed by atoms with Crippen molar-refractivity contribution in [3.05, 3.63) is 11.1 Å². The van der Waals surface area contributed by atoms with Gasteiger partial charge in [-0.3, -0.25) is 0 Å². The fourth-order valence-corrected chi connectivity index (χ4v) is 1.46. The Kier molecular flexibility index (Phi) is 7.47. The molecule has 0 aliphatic carbocycles. The van der Waals surface area contributed by atoms with Crippen molar-refractivity contribution >= 4 is 45.1 Å². The summed E-state index contributed by atoms with van der Waals surface area (Å²) in [5.41, 5.74) is 5.89. The van der Waals surface area contributed by atoms with Gasteiger partial charge >= 0.3 is 5.97 Å². The van der Waals surface area contributed by atoms with E-state index in [9.17, 15) is 4.79 Å². The molecule has 0 aliphatic rings. The minimum Gasteiger partial charge on any atom is -0.461 e. The summed E-state index contributed by atoms with van der Waals surface area (Å²) in [6, 6.07) is 0. The molecule has 17 heavy (non-hydrogen) atoms. The smallest absolute Gasteiger partial charge is 0.362 e. The van der Waals surface area contributed by atoms with E-state index in [4.69, 9.17) is 15.3 Å². The molecule has 8 heteroatoms. The fourth-order valence-electron chi connectivity index (χ4n) is 0.914. The molecule has 1 heterocycles. The van der Waals surface area contributed by atoms with Gasteiger partial charge < -0.3 is 15.3 Å². The van der Waals surface area contributed by atoms with E-state index in [1.165, 1.54) is 11.3 Å². The molecule has 0 saturated carbocycles. The third-order valence-corrected chi connectivity index (χ3v) is 2.19. The van der Waals surface area contributed by atoms with Gasteiger partial charge in [0.1, 0.15) is 12.3 Å². The Labute approximate surface area is 114 Å². The van der Waals surface area contributed by atoms with Crippen LogP contribution in [0.2, 0.25) is 0 Å². The number of halogens is 1. The van der Waals surface area contributed by atoms with Gasteiger partial charge in [0.2, 0.25) is 5.71 Å². The lowest BCUT2D eigenvalue weighted by molar-refractivity contribution is -0.135. The zero-order valence-electron chi connectivity index (χ0n) is 9.50. The minimum absolute atomic E-state index is 0. The summed E-state index contributed by atoms with van der Waals surface area (Å²) < 4.78 is 4.84. The summed E-state index contributed by atoms with van der Waals surface area (Å²) in [6.07, 6.45) is 0. The van der Waals surface area contributed by atoms with Gasteiger partial charge in [0.05, 0.1) is 6.61 Å². The van der Waals surface area contributed by atoms with Gasteiger partial charge in [-0.15, -0.1) is 28.3 Å². The largest absolute Gasteiger partial charge is 0.461 e. The number of carbonyl (C=O) groups is 1. The zero-order valence-corrected chi connectivity index (χ0v) is 12.0. The van der Waals surface area contributed by atoms with E-state index in [0.29, 0.717) is 17.4 Å². The van der Waals surface area contributed by atoms with Gasteiger partial charge in [-0.05, 0) is 13.8 Å². The first kappa shape index (κ1) is 15.9. The van der Waals surface area contributed by atoms with Gasteiger partial charge in [0.25, 0.3) is 0 Å². The lowest BCUT2D eigenvalue weighted by Gasteiger charge is -2.02. The van der Waals surface area contributed by atoms with Crippen LogP contribution in [0.15, 0.2) is 10.5 Å². The van der Waals surface area contributed by atoms with Gasteiger partial charge in [-0.25, -0.2) is 9.78 Å². The predicted octanol–water partition coefficient (Wildman–Crippen LogP) is 1.61. The zero-order chi connectivity index (χ0) is 12.0. The first-order valence-electron chi connectivity index (χ1n) is 4.77. The van der Waals surface area contributed by atoms with Crippen LogP contribution < -0.4 is 5.73 Å². The molecule has 96 valence electrons. The van der Waals surface area contributed by atoms with Crippen LogP contribution in [0.3, 0.4) is 0 Å². The molecule has 0 spiro atoms. The SMILES string of the molecule is Br.CCO/N=C(\C(=O)OCC)c1csc(N)n1. The predicted molar refractivity (Wildman–Crippen MR) is 71.6 cm³/mol. The number of nitrogen functional groups attached to an aromatic ring is 1. The first-order chi connectivity index (χ1) is 7.69. The maximum atomic E-state index is 11.5. The maximum Gasteiger partial charge on any atom is 0.362 e. The highest BCUT2D eigenvalue weighted by Crippen LogP contribution is 2.12. The summed E-state index contributed by atoms with van der Waals surface area (Å²) in [4.78, 5) is 20.3. The van der Waals surface area contributed by atoms with Gasteiger partial charge in [0, 0.05) is 5.38 Å². The molecule has 1 aromatic rings. The number of hydrogen-bond donors (Lipinski definition) is 1. The van der Waals surface area contributed by atoms with Gasteiger partial charge in [0.15, 0.2) is 5.13 Å². The Morgan fingerprint density at radius 1 is 1.53 bits per heavy atom. The summed E-state index contributed by atoms with van der Waals surface area (Å²) in [5, 5.41) is 5.67. The van der Waals surface area contributed by atoms with E-state index in [2.05, 4.69) is 10.1 Å². The third kappa shape index (κ3) is 4.70. The second kappa shape index (κ2) is 8.02. The molecule has 0 saturated heterocycles. The monoisotopic (exact) mass is 323 g/mol. The molecule has 0 atom stereocenters. The van der Waals surface area contributed by atoms with Crippen LogP contribution in [0.1, 0.15) is 19.5 Å². The van der Waals surface area contributed by atoms with E-state index in [0.717, 1.165) is 0 Å². The topological polar surface area (TPSA) is 86.8 Å². The summed E-state index contributed by atoms with van der Waals surface area (Å²) in [6.45, 7) is 4.11. The van der Waals surface area contributed by atoms with Crippen molar-refractivity contribution in [2.45, 2.75) is 13.8 Å². The van der Waals surface area contributed by atoms with Crippen molar-refractivity contribution in [2.75, 3.05) is 18.9 Å². The lowest BCUT2D eigenvalue weighted by Crippen LogP contribution is -2.19. The second-order valence-electron chi connectivity index (χ2n) is 2.65. The number of thiazole rings is 1. The Morgan fingerprint density at radius 2 is 2.24 bits per heavy atom. The Hall–Kier alpha value is -1.15. The summed E-state index contributed by atoms with van der Waals surface area (Å²) >= 11 is 1.22. The quantitative estimate of drug-likeness (QED) is 0.505. The highest BCUT2D eigenvalue weighted by atomic mass is 79.9. The average Bonchev–Trinajstić information content (AvgIpc) is 2.66. The van der Waals surface area contributed by atoms with Crippen molar-refractivity contribution in [3.8, 4) is 0 Å². The number of nitrogens with zero attached hydrogens (tertiary/aromatic N) is 2. The Bertz CT molecular complexity index is 395. The number of ether oxygens (including phenoxy) is 1. The third-order valence-electron chi connectivity index (χ3n) is 1.52. The normalized spacial score (nSPS) is 10.6. The molecular formula is C9H14BrN3O3S. The summed E-state index contributed by atoms with van der Waals surface area (Å²) in [7, 11) is 0. The van der Waals surface area contributed by atoms with E-state index in [1.54, 1.807) is 19.2 Å². The van der Waals surface area contributed by atoms with Crippen LogP contribution in [0, 0.1) is 0 Å². The van der Waals surface area contributed by atoms with Crippen molar-refractivity contribution in [1.29, 1.82) is 0 Å². The van der Waals surface area contributed by atoms with Crippen LogP contribution in [0.25, 0.3) is 0 Å². The van der Waals surface area contributed by atoms with Crippen LogP contribution in [-0.4, -0.2) is 29.9 Å². The Morgan fingerprint density at radius 3 is 2.71 bits per heavy atom. The molecule has 1 aromatic heterocycles. The molecule has 0 aliphatic heterocycles. The second-order valence-corrected chi connectivity index (χ2v) is 3.54. The number of carbonyl (C=O) groups excluding carboxylic acids is 1. The Balaban J connectivity index is 0.00000256. The number of rotatable bonds is 5. The summed E-state index contributed by atoms with van der Waals surface area (Å²) in [5.74, 6) is -0.568. The molecule has 0 aromatic carbocycles. The number of oxime groups is 1. The maximum absolute atomic E-state index is 11.5. The van der Waals surface area contributed by atoms with Crippen LogP contribution in [0.5, 0.6) is 0 Å². The molecule has 0 fully saturated rings. The average molecular weight is 324 g/mol. The van der Waals surface area contributed by atoms with Crippen molar-refractivity contribution < 1.29 is 14.4 Å². The fraction of sp³-hybridized carbons (Fsp3) is 0.444. The van der Waals surface area contributed by atoms with Crippen molar-refractivity contribution in [1.82, 2.24) is 4.98 Å². The molecule has 1 rings (SSSR count). The minimum atomic E-state index is -0.568. The van der Waals surface area contributed by atoms with E-state index in [-0.39, 0.29) is 29.3 Å². The molecule has 0 amide bonds. The molecule has 0 unspecified atom stereocenters. The lowest BCUT2D eigenvalue weighted by atomic mass is 10.3. The highest BCUT2D eigenvalue weighted by molar-refractivity contribution is 8.93. The molecule has 2 N–H and O–H groups in total. The van der Waals surface area contributed by atoms with Gasteiger partial charge in [-0.1, -0.05) is 5.16 Å². The number of hydrogen-bond acceptors (Lipinski definition) is 7. The highest BCUT2D eigenvalue weighted by Gasteiger charge is 2.19. The van der Waals surface area contributed by atoms with Crippen LogP contribution in [0.4, 0.5) is 5.13 Å². The first-order valence-corrected chi connectivity index (χ1v) is 5.65. The molecule has 0 radical (unpaired) electrons. The standard InChI is InChI=1S/C9H13N3O3S.BrH/c1-3-14-8(13)7(12-15-4-2)6-5-16-9(10)11-6;/h5H,3-4H2,1-2H3,(H2,10,11);1H/b12-7-;. The van der Waals surface area contributed by atoms with Crippen molar-refractivity contribution in [3.63, 3.8) is 0 Å². The molecular weight excluding hydrogens is 310 g/mol. The van der Waals surface area contributed by atoms with Gasteiger partial charge in [-0.2, -0.15) is 0 Å².